The molecular weight excluding hydrogens is 168 g/mol. The summed E-state index contributed by atoms with van der Waals surface area (Å²) in [6.45, 7) is 1.90. The molecule has 1 saturated carbocycles. The second kappa shape index (κ2) is 3.46. The van der Waals surface area contributed by atoms with E-state index in [2.05, 4.69) is 10.1 Å². The van der Waals surface area contributed by atoms with Crippen LogP contribution in [0, 0.1) is 0 Å². The number of hydrogen-bond donors (Lipinski definition) is 0. The molecule has 4 heteroatoms. The van der Waals surface area contributed by atoms with E-state index in [1.807, 2.05) is 6.92 Å². The summed E-state index contributed by atoms with van der Waals surface area (Å²) in [6, 6.07) is 0. The first kappa shape index (κ1) is 8.69. The molecule has 0 aromatic carbocycles. The summed E-state index contributed by atoms with van der Waals surface area (Å²) in [5.74, 6) is 1.97. The van der Waals surface area contributed by atoms with Crippen molar-refractivity contribution in [2.45, 2.75) is 38.2 Å². The van der Waals surface area contributed by atoms with Crippen LogP contribution in [0.1, 0.15) is 49.9 Å². The highest BCUT2D eigenvalue weighted by molar-refractivity contribution is 5.00. The van der Waals surface area contributed by atoms with E-state index in [9.17, 15) is 0 Å². The zero-order valence-corrected chi connectivity index (χ0v) is 7.99. The molecule has 1 aromatic heterocycles. The van der Waals surface area contributed by atoms with Crippen LogP contribution in [0.5, 0.6) is 0 Å². The van der Waals surface area contributed by atoms with Crippen molar-refractivity contribution in [1.29, 1.82) is 0 Å². The Morgan fingerprint density at radius 1 is 1.54 bits per heavy atom. The smallest absolute Gasteiger partial charge is 0.255 e. The number of rotatable bonds is 3. The van der Waals surface area contributed by atoms with E-state index in [4.69, 9.17) is 9.26 Å². The number of nitrogens with zero attached hydrogens (tertiary/aromatic N) is 2. The summed E-state index contributed by atoms with van der Waals surface area (Å²) in [5.41, 5.74) is 0. The van der Waals surface area contributed by atoms with E-state index < -0.39 is 0 Å². The van der Waals surface area contributed by atoms with E-state index in [1.54, 1.807) is 7.11 Å². The fourth-order valence-corrected chi connectivity index (χ4v) is 1.35. The molecule has 0 N–H and O–H groups in total. The van der Waals surface area contributed by atoms with E-state index in [-0.39, 0.29) is 6.10 Å². The number of aromatic nitrogens is 2. The van der Waals surface area contributed by atoms with E-state index >= 15 is 0 Å². The van der Waals surface area contributed by atoms with Gasteiger partial charge in [0.15, 0.2) is 5.82 Å². The molecule has 1 heterocycles. The molecule has 1 aliphatic rings. The molecule has 0 amide bonds. The average molecular weight is 182 g/mol. The minimum absolute atomic E-state index is 0.0960. The Kier molecular flexibility index (Phi) is 2.31. The molecular formula is C9H14N2O2. The maximum atomic E-state index is 5.09. The third-order valence-corrected chi connectivity index (χ3v) is 2.63. The van der Waals surface area contributed by atoms with Gasteiger partial charge in [-0.15, -0.1) is 0 Å². The van der Waals surface area contributed by atoms with Crippen molar-refractivity contribution in [3.05, 3.63) is 11.7 Å². The summed E-state index contributed by atoms with van der Waals surface area (Å²) in [7, 11) is 1.64. The Morgan fingerprint density at radius 3 is 2.85 bits per heavy atom. The first-order valence-corrected chi connectivity index (χ1v) is 4.67. The quantitative estimate of drug-likeness (QED) is 0.717. The zero-order valence-electron chi connectivity index (χ0n) is 7.99. The maximum absolute atomic E-state index is 5.09. The SMILES string of the molecule is COC(C)c1nc(C2CCC2)no1. The highest BCUT2D eigenvalue weighted by Crippen LogP contribution is 2.34. The van der Waals surface area contributed by atoms with Crippen molar-refractivity contribution in [3.63, 3.8) is 0 Å². The highest BCUT2D eigenvalue weighted by Gasteiger charge is 2.25. The van der Waals surface area contributed by atoms with Crippen molar-refractivity contribution in [3.8, 4) is 0 Å². The lowest BCUT2D eigenvalue weighted by atomic mass is 9.85. The molecule has 0 bridgehead atoms. The predicted molar refractivity (Wildman–Crippen MR) is 46.3 cm³/mol. The van der Waals surface area contributed by atoms with Crippen LogP contribution in [0.25, 0.3) is 0 Å². The van der Waals surface area contributed by atoms with Gasteiger partial charge in [-0.1, -0.05) is 11.6 Å². The van der Waals surface area contributed by atoms with Crippen LogP contribution < -0.4 is 0 Å². The topological polar surface area (TPSA) is 48.2 Å². The molecule has 1 fully saturated rings. The minimum Gasteiger partial charge on any atom is -0.372 e. The Hall–Kier alpha value is -0.900. The van der Waals surface area contributed by atoms with Gasteiger partial charge >= 0.3 is 0 Å². The van der Waals surface area contributed by atoms with Gasteiger partial charge in [-0.05, 0) is 19.8 Å². The van der Waals surface area contributed by atoms with Crippen LogP contribution in [0.2, 0.25) is 0 Å². The Morgan fingerprint density at radius 2 is 2.31 bits per heavy atom. The summed E-state index contributed by atoms with van der Waals surface area (Å²) < 4.78 is 10.2. The molecule has 1 atom stereocenters. The fraction of sp³-hybridized carbons (Fsp3) is 0.778. The van der Waals surface area contributed by atoms with Gasteiger partial charge in [-0.25, -0.2) is 0 Å². The van der Waals surface area contributed by atoms with Crippen molar-refractivity contribution in [1.82, 2.24) is 10.1 Å². The van der Waals surface area contributed by atoms with Crippen molar-refractivity contribution < 1.29 is 9.26 Å². The largest absolute Gasteiger partial charge is 0.372 e. The van der Waals surface area contributed by atoms with Gasteiger partial charge in [0, 0.05) is 13.0 Å². The molecule has 13 heavy (non-hydrogen) atoms. The number of hydrogen-bond acceptors (Lipinski definition) is 4. The van der Waals surface area contributed by atoms with Gasteiger partial charge < -0.3 is 9.26 Å². The standard InChI is InChI=1S/C9H14N2O2/c1-6(12-2)9-10-8(11-13-9)7-4-3-5-7/h6-7H,3-5H2,1-2H3. The molecule has 0 spiro atoms. The molecule has 72 valence electrons. The lowest BCUT2D eigenvalue weighted by Crippen LogP contribution is -2.10. The third kappa shape index (κ3) is 1.58. The van der Waals surface area contributed by atoms with Gasteiger partial charge in [0.1, 0.15) is 6.10 Å². The van der Waals surface area contributed by atoms with Crippen LogP contribution in [-0.4, -0.2) is 17.3 Å². The highest BCUT2D eigenvalue weighted by atomic mass is 16.5. The lowest BCUT2D eigenvalue weighted by molar-refractivity contribution is 0.0886. The Labute approximate surface area is 77.3 Å². The Balaban J connectivity index is 2.08. The van der Waals surface area contributed by atoms with Gasteiger partial charge in [0.05, 0.1) is 0 Å². The Bertz CT molecular complexity index is 262. The summed E-state index contributed by atoms with van der Waals surface area (Å²) >= 11 is 0. The van der Waals surface area contributed by atoms with Crippen LogP contribution in [0.4, 0.5) is 0 Å². The summed E-state index contributed by atoms with van der Waals surface area (Å²) in [5, 5.41) is 3.94. The fourth-order valence-electron chi connectivity index (χ4n) is 1.35. The first-order valence-electron chi connectivity index (χ1n) is 4.67. The van der Waals surface area contributed by atoms with Crippen LogP contribution >= 0.6 is 0 Å². The monoisotopic (exact) mass is 182 g/mol. The lowest BCUT2D eigenvalue weighted by Gasteiger charge is -2.20. The van der Waals surface area contributed by atoms with Crippen LogP contribution in [0.3, 0.4) is 0 Å². The van der Waals surface area contributed by atoms with Crippen molar-refractivity contribution in [2.24, 2.45) is 0 Å². The van der Waals surface area contributed by atoms with E-state index in [0.717, 1.165) is 5.82 Å². The molecule has 0 saturated heterocycles. The van der Waals surface area contributed by atoms with Gasteiger partial charge in [0.2, 0.25) is 0 Å². The van der Waals surface area contributed by atoms with Crippen molar-refractivity contribution >= 4 is 0 Å². The second-order valence-corrected chi connectivity index (χ2v) is 3.50. The average Bonchev–Trinajstić information content (AvgIpc) is 2.49. The van der Waals surface area contributed by atoms with Crippen LogP contribution in [0.15, 0.2) is 4.52 Å². The van der Waals surface area contributed by atoms with Gasteiger partial charge in [0.25, 0.3) is 5.89 Å². The van der Waals surface area contributed by atoms with E-state index in [1.165, 1.54) is 19.3 Å². The van der Waals surface area contributed by atoms with E-state index in [0.29, 0.717) is 11.8 Å². The molecule has 0 radical (unpaired) electrons. The summed E-state index contributed by atoms with van der Waals surface area (Å²) in [6.07, 6.45) is 3.58. The number of ether oxygens (including phenoxy) is 1. The van der Waals surface area contributed by atoms with Crippen LogP contribution in [-0.2, 0) is 4.74 Å². The zero-order chi connectivity index (χ0) is 9.26. The molecule has 1 aliphatic carbocycles. The maximum Gasteiger partial charge on any atom is 0.255 e. The molecule has 0 aliphatic heterocycles. The second-order valence-electron chi connectivity index (χ2n) is 3.50. The summed E-state index contributed by atoms with van der Waals surface area (Å²) in [4.78, 5) is 4.30. The molecule has 4 nitrogen and oxygen atoms in total. The van der Waals surface area contributed by atoms with Crippen molar-refractivity contribution in [2.75, 3.05) is 7.11 Å². The minimum atomic E-state index is -0.0960. The van der Waals surface area contributed by atoms with Gasteiger partial charge in [-0.2, -0.15) is 4.98 Å². The molecule has 1 aromatic rings. The number of methoxy groups -OCH3 is 1. The first-order chi connectivity index (χ1) is 6.31. The predicted octanol–water partition coefficient (Wildman–Crippen LogP) is 2.04. The molecule has 2 rings (SSSR count). The molecule has 1 unspecified atom stereocenters. The normalized spacial score (nSPS) is 19.8. The third-order valence-electron chi connectivity index (χ3n) is 2.63. The van der Waals surface area contributed by atoms with Gasteiger partial charge in [-0.3, -0.25) is 0 Å².